The highest BCUT2D eigenvalue weighted by molar-refractivity contribution is 8.01. The molecule has 0 radical (unpaired) electrons. The lowest BCUT2D eigenvalue weighted by molar-refractivity contribution is 0.0943. The molecule has 2 rings (SSSR count). The largest absolute Gasteiger partial charge is 0.457 e. The van der Waals surface area contributed by atoms with Gasteiger partial charge in [0.25, 0.3) is 0 Å². The summed E-state index contributed by atoms with van der Waals surface area (Å²) in [7, 11) is -4.41. The van der Waals surface area contributed by atoms with Crippen LogP contribution in [0.1, 0.15) is 19.4 Å². The van der Waals surface area contributed by atoms with Crippen molar-refractivity contribution in [2.24, 2.45) is 4.99 Å². The summed E-state index contributed by atoms with van der Waals surface area (Å²) in [4.78, 5) is 3.77. The molecule has 16 heavy (non-hydrogen) atoms. The van der Waals surface area contributed by atoms with Gasteiger partial charge in [0.05, 0.1) is 5.69 Å². The molecule has 0 amide bonds. The molecule has 0 saturated carbocycles. The molecule has 0 aromatic heterocycles. The van der Waals surface area contributed by atoms with Gasteiger partial charge in [-0.2, -0.15) is 8.42 Å². The van der Waals surface area contributed by atoms with Crippen LogP contribution in [0.15, 0.2) is 29.3 Å². The molecule has 0 unspecified atom stereocenters. The molecule has 5 nitrogen and oxygen atoms in total. The van der Waals surface area contributed by atoms with Gasteiger partial charge in [-0.05, 0) is 19.9 Å². The quantitative estimate of drug-likeness (QED) is 0.703. The maximum absolute atomic E-state index is 11.0. The zero-order chi connectivity index (χ0) is 12.0. The van der Waals surface area contributed by atoms with Crippen LogP contribution in [0.2, 0.25) is 0 Å². The number of benzene rings is 1. The fourth-order valence-electron chi connectivity index (χ4n) is 1.59. The highest BCUT2D eigenvalue weighted by Crippen LogP contribution is 2.37. The topological polar surface area (TPSA) is 76.0 Å². The van der Waals surface area contributed by atoms with Crippen molar-refractivity contribution in [2.75, 3.05) is 0 Å². The average molecular weight is 241 g/mol. The summed E-state index contributed by atoms with van der Waals surface area (Å²) in [5, 5.41) is -0.656. The van der Waals surface area contributed by atoms with E-state index < -0.39 is 20.9 Å². The van der Waals surface area contributed by atoms with Gasteiger partial charge in [-0.1, -0.05) is 18.2 Å². The number of aliphatic imine (C=N–C) groups is 1. The Morgan fingerprint density at radius 1 is 1.31 bits per heavy atom. The Hall–Kier alpha value is -1.40. The first-order valence-corrected chi connectivity index (χ1v) is 6.09. The Morgan fingerprint density at radius 3 is 2.56 bits per heavy atom. The van der Waals surface area contributed by atoms with Gasteiger partial charge in [0.1, 0.15) is 5.60 Å². The van der Waals surface area contributed by atoms with E-state index in [2.05, 4.69) is 4.99 Å². The SMILES string of the molecule is CC1(C)OC(S(=O)(=O)O)=Nc2ccccc21. The summed E-state index contributed by atoms with van der Waals surface area (Å²) in [6.07, 6.45) is 0. The summed E-state index contributed by atoms with van der Waals surface area (Å²) < 4.78 is 36.1. The van der Waals surface area contributed by atoms with Gasteiger partial charge in [-0.15, -0.1) is 0 Å². The number of nitrogens with zero attached hydrogens (tertiary/aromatic N) is 1. The van der Waals surface area contributed by atoms with Crippen molar-refractivity contribution in [1.29, 1.82) is 0 Å². The van der Waals surface area contributed by atoms with Crippen molar-refractivity contribution >= 4 is 21.0 Å². The zero-order valence-corrected chi connectivity index (χ0v) is 9.65. The molecule has 0 saturated heterocycles. The van der Waals surface area contributed by atoms with Gasteiger partial charge in [-0.25, -0.2) is 4.99 Å². The minimum Gasteiger partial charge on any atom is -0.457 e. The van der Waals surface area contributed by atoms with E-state index in [0.29, 0.717) is 5.69 Å². The fourth-order valence-corrected chi connectivity index (χ4v) is 2.11. The number of hydrogen-bond donors (Lipinski definition) is 1. The lowest BCUT2D eigenvalue weighted by atomic mass is 9.96. The van der Waals surface area contributed by atoms with Crippen molar-refractivity contribution in [3.63, 3.8) is 0 Å². The van der Waals surface area contributed by atoms with Crippen LogP contribution in [0, 0.1) is 0 Å². The minimum atomic E-state index is -4.41. The van der Waals surface area contributed by atoms with E-state index in [9.17, 15) is 8.42 Å². The number of rotatable bonds is 0. The van der Waals surface area contributed by atoms with Crippen molar-refractivity contribution in [1.82, 2.24) is 0 Å². The molecule has 0 atom stereocenters. The lowest BCUT2D eigenvalue weighted by Gasteiger charge is -2.30. The Bertz CT molecular complexity index is 560. The van der Waals surface area contributed by atoms with Crippen molar-refractivity contribution in [2.45, 2.75) is 19.4 Å². The summed E-state index contributed by atoms with van der Waals surface area (Å²) in [6, 6.07) is 7.04. The average Bonchev–Trinajstić information content (AvgIpc) is 2.15. The van der Waals surface area contributed by atoms with Crippen LogP contribution >= 0.6 is 0 Å². The third kappa shape index (κ3) is 1.81. The second kappa shape index (κ2) is 3.29. The van der Waals surface area contributed by atoms with Crippen LogP contribution in [0.25, 0.3) is 0 Å². The molecule has 1 N–H and O–H groups in total. The van der Waals surface area contributed by atoms with E-state index in [4.69, 9.17) is 9.29 Å². The maximum atomic E-state index is 11.0. The van der Waals surface area contributed by atoms with Gasteiger partial charge in [0.2, 0.25) is 0 Å². The van der Waals surface area contributed by atoms with Crippen molar-refractivity contribution in [3.8, 4) is 0 Å². The van der Waals surface area contributed by atoms with Gasteiger partial charge >= 0.3 is 15.3 Å². The minimum absolute atomic E-state index is 0.492. The second-order valence-electron chi connectivity index (χ2n) is 3.98. The van der Waals surface area contributed by atoms with E-state index in [-0.39, 0.29) is 0 Å². The highest BCUT2D eigenvalue weighted by atomic mass is 32.2. The Morgan fingerprint density at radius 2 is 1.94 bits per heavy atom. The second-order valence-corrected chi connectivity index (χ2v) is 5.28. The first-order chi connectivity index (χ1) is 7.31. The Balaban J connectivity index is 2.65. The molecule has 1 aliphatic heterocycles. The summed E-state index contributed by atoms with van der Waals surface area (Å²) in [5.41, 5.74) is 0.442. The van der Waals surface area contributed by atoms with Crippen LogP contribution in [0.4, 0.5) is 5.69 Å². The van der Waals surface area contributed by atoms with Gasteiger partial charge < -0.3 is 4.74 Å². The molecule has 1 aliphatic rings. The molecule has 0 bridgehead atoms. The van der Waals surface area contributed by atoms with Crippen LogP contribution in [-0.4, -0.2) is 18.2 Å². The van der Waals surface area contributed by atoms with E-state index in [1.54, 1.807) is 32.0 Å². The first-order valence-electron chi connectivity index (χ1n) is 4.65. The number of para-hydroxylation sites is 1. The van der Waals surface area contributed by atoms with Crippen LogP contribution < -0.4 is 0 Å². The number of fused-ring (bicyclic) bond motifs is 1. The summed E-state index contributed by atoms with van der Waals surface area (Å²) >= 11 is 0. The Labute approximate surface area is 93.5 Å². The molecule has 0 spiro atoms. The molecular weight excluding hydrogens is 230 g/mol. The predicted octanol–water partition coefficient (Wildman–Crippen LogP) is 1.83. The number of hydrogen-bond acceptors (Lipinski definition) is 4. The standard InChI is InChI=1S/C10H11NO4S/c1-10(2)7-5-3-4-6-8(7)11-9(15-10)16(12,13)14/h3-6H,1-2H3,(H,12,13,14). The normalized spacial score (nSPS) is 18.3. The van der Waals surface area contributed by atoms with Gasteiger partial charge in [0, 0.05) is 5.56 Å². The fraction of sp³-hybridized carbons (Fsp3) is 0.300. The van der Waals surface area contributed by atoms with Crippen LogP contribution in [-0.2, 0) is 20.5 Å². The van der Waals surface area contributed by atoms with Crippen molar-refractivity contribution < 1.29 is 17.7 Å². The van der Waals surface area contributed by atoms with E-state index in [1.807, 2.05) is 6.07 Å². The van der Waals surface area contributed by atoms with E-state index in [0.717, 1.165) is 5.56 Å². The molecule has 6 heteroatoms. The molecule has 1 heterocycles. The molecule has 86 valence electrons. The number of ether oxygens (including phenoxy) is 1. The third-order valence-corrected chi connectivity index (χ3v) is 2.94. The van der Waals surface area contributed by atoms with Crippen LogP contribution in [0.3, 0.4) is 0 Å². The molecule has 0 fully saturated rings. The summed E-state index contributed by atoms with van der Waals surface area (Å²) in [6.45, 7) is 3.43. The molecule has 0 aliphatic carbocycles. The smallest absolute Gasteiger partial charge is 0.347 e. The monoisotopic (exact) mass is 241 g/mol. The predicted molar refractivity (Wildman–Crippen MR) is 59.2 cm³/mol. The third-order valence-electron chi connectivity index (χ3n) is 2.33. The summed E-state index contributed by atoms with van der Waals surface area (Å²) in [5.74, 6) is 0. The molecule has 1 aromatic rings. The lowest BCUT2D eigenvalue weighted by Crippen LogP contribution is -2.32. The maximum Gasteiger partial charge on any atom is 0.347 e. The Kier molecular flexibility index (Phi) is 2.28. The van der Waals surface area contributed by atoms with Crippen molar-refractivity contribution in [3.05, 3.63) is 29.8 Å². The van der Waals surface area contributed by atoms with Gasteiger partial charge in [0.15, 0.2) is 0 Å². The zero-order valence-electron chi connectivity index (χ0n) is 8.84. The van der Waals surface area contributed by atoms with E-state index in [1.165, 1.54) is 0 Å². The van der Waals surface area contributed by atoms with E-state index >= 15 is 0 Å². The van der Waals surface area contributed by atoms with Crippen LogP contribution in [0.5, 0.6) is 0 Å². The molecular formula is C10H11NO4S. The molecule has 1 aromatic carbocycles. The first kappa shape index (κ1) is 11.1. The van der Waals surface area contributed by atoms with Gasteiger partial charge in [-0.3, -0.25) is 4.55 Å². The highest BCUT2D eigenvalue weighted by Gasteiger charge is 2.35.